The number of hydrogen-bond donors (Lipinski definition) is 1. The zero-order valence-electron chi connectivity index (χ0n) is 9.97. The zero-order valence-corrected chi connectivity index (χ0v) is 10.8. The Bertz CT molecular complexity index is 370. The molecule has 1 unspecified atom stereocenters. The summed E-state index contributed by atoms with van der Waals surface area (Å²) in [4.78, 5) is 10.5. The summed E-state index contributed by atoms with van der Waals surface area (Å²) in [6, 6.07) is 0.221. The molecule has 90 valence electrons. The summed E-state index contributed by atoms with van der Waals surface area (Å²) in [5.41, 5.74) is 0.0842. The Hall–Kier alpha value is -1.04. The van der Waals surface area contributed by atoms with Gasteiger partial charge < -0.3 is 9.67 Å². The standard InChI is InChI=1S/C10H17N3O2S/c1-7(10(2,3)4)13-6-11-12-9(13)16-5-8(14)15/h6-7H,5H2,1-4H3,(H,14,15). The Balaban J connectivity index is 2.81. The van der Waals surface area contributed by atoms with Crippen LogP contribution in [0.4, 0.5) is 0 Å². The molecule has 1 heterocycles. The van der Waals surface area contributed by atoms with Gasteiger partial charge in [-0.1, -0.05) is 32.5 Å². The largest absolute Gasteiger partial charge is 0.481 e. The van der Waals surface area contributed by atoms with E-state index in [4.69, 9.17) is 5.11 Å². The zero-order chi connectivity index (χ0) is 12.3. The number of aliphatic carboxylic acids is 1. The third kappa shape index (κ3) is 3.23. The number of rotatable bonds is 4. The van der Waals surface area contributed by atoms with Crippen molar-refractivity contribution in [2.75, 3.05) is 5.75 Å². The lowest BCUT2D eigenvalue weighted by molar-refractivity contribution is -0.133. The van der Waals surface area contributed by atoms with Gasteiger partial charge in [0.25, 0.3) is 0 Å². The van der Waals surface area contributed by atoms with Crippen molar-refractivity contribution in [2.24, 2.45) is 5.41 Å². The molecular weight excluding hydrogens is 226 g/mol. The summed E-state index contributed by atoms with van der Waals surface area (Å²) in [5, 5.41) is 17.0. The van der Waals surface area contributed by atoms with Gasteiger partial charge in [0.1, 0.15) is 6.33 Å². The van der Waals surface area contributed by atoms with Gasteiger partial charge in [-0.25, -0.2) is 0 Å². The highest BCUT2D eigenvalue weighted by Gasteiger charge is 2.24. The monoisotopic (exact) mass is 243 g/mol. The fraction of sp³-hybridized carbons (Fsp3) is 0.700. The minimum Gasteiger partial charge on any atom is -0.481 e. The Kier molecular flexibility index (Phi) is 3.96. The van der Waals surface area contributed by atoms with Gasteiger partial charge in [0.15, 0.2) is 5.16 Å². The van der Waals surface area contributed by atoms with E-state index in [-0.39, 0.29) is 17.2 Å². The predicted octanol–water partition coefficient (Wildman–Crippen LogP) is 2.06. The van der Waals surface area contributed by atoms with Gasteiger partial charge in [0.2, 0.25) is 0 Å². The molecule has 0 fully saturated rings. The lowest BCUT2D eigenvalue weighted by Crippen LogP contribution is -2.21. The van der Waals surface area contributed by atoms with Gasteiger partial charge in [0.05, 0.1) is 5.75 Å². The average Bonchev–Trinajstić information content (AvgIpc) is 2.59. The minimum absolute atomic E-state index is 0.00948. The van der Waals surface area contributed by atoms with Crippen LogP contribution in [-0.2, 0) is 4.79 Å². The number of hydrogen-bond acceptors (Lipinski definition) is 4. The molecule has 1 aromatic rings. The number of nitrogens with zero attached hydrogens (tertiary/aromatic N) is 3. The van der Waals surface area contributed by atoms with E-state index in [2.05, 4.69) is 37.9 Å². The number of carboxylic acid groups (broad SMARTS) is 1. The summed E-state index contributed by atoms with van der Waals surface area (Å²) < 4.78 is 1.92. The lowest BCUT2D eigenvalue weighted by Gasteiger charge is -2.28. The second-order valence-electron chi connectivity index (χ2n) is 4.75. The molecule has 1 atom stereocenters. The number of aromatic nitrogens is 3. The number of thioether (sulfide) groups is 1. The minimum atomic E-state index is -0.844. The highest BCUT2D eigenvalue weighted by molar-refractivity contribution is 7.99. The molecule has 1 aromatic heterocycles. The molecule has 1 N–H and O–H groups in total. The van der Waals surface area contributed by atoms with Gasteiger partial charge in [-0.3, -0.25) is 4.79 Å². The molecule has 0 bridgehead atoms. The maximum Gasteiger partial charge on any atom is 0.313 e. The summed E-state index contributed by atoms with van der Waals surface area (Å²) in [6.07, 6.45) is 1.65. The Morgan fingerprint density at radius 3 is 2.75 bits per heavy atom. The van der Waals surface area contributed by atoms with E-state index >= 15 is 0 Å². The smallest absolute Gasteiger partial charge is 0.313 e. The Morgan fingerprint density at radius 2 is 2.25 bits per heavy atom. The van der Waals surface area contributed by atoms with Crippen molar-refractivity contribution >= 4 is 17.7 Å². The van der Waals surface area contributed by atoms with Crippen LogP contribution in [0.2, 0.25) is 0 Å². The molecule has 16 heavy (non-hydrogen) atoms. The molecule has 1 rings (SSSR count). The molecule has 0 aromatic carbocycles. The van der Waals surface area contributed by atoms with Gasteiger partial charge in [-0.2, -0.15) is 0 Å². The molecule has 0 saturated heterocycles. The third-order valence-electron chi connectivity index (χ3n) is 2.54. The van der Waals surface area contributed by atoms with Crippen molar-refractivity contribution < 1.29 is 9.90 Å². The summed E-state index contributed by atoms with van der Waals surface area (Å²) in [6.45, 7) is 8.46. The summed E-state index contributed by atoms with van der Waals surface area (Å²) >= 11 is 1.20. The van der Waals surface area contributed by atoms with Crippen molar-refractivity contribution in [3.8, 4) is 0 Å². The van der Waals surface area contributed by atoms with Crippen LogP contribution < -0.4 is 0 Å². The van der Waals surface area contributed by atoms with Crippen molar-refractivity contribution in [2.45, 2.75) is 38.9 Å². The van der Waals surface area contributed by atoms with Crippen molar-refractivity contribution in [3.63, 3.8) is 0 Å². The third-order valence-corrected chi connectivity index (χ3v) is 3.48. The average molecular weight is 243 g/mol. The van der Waals surface area contributed by atoms with E-state index in [9.17, 15) is 4.79 Å². The Labute approximate surface area is 99.3 Å². The molecule has 0 spiro atoms. The second-order valence-corrected chi connectivity index (χ2v) is 5.69. The van der Waals surface area contributed by atoms with Crippen molar-refractivity contribution in [1.29, 1.82) is 0 Å². The molecular formula is C10H17N3O2S. The van der Waals surface area contributed by atoms with E-state index < -0.39 is 5.97 Å². The van der Waals surface area contributed by atoms with Crippen LogP contribution in [0, 0.1) is 5.41 Å². The topological polar surface area (TPSA) is 68.0 Å². The van der Waals surface area contributed by atoms with Crippen molar-refractivity contribution in [1.82, 2.24) is 14.8 Å². The molecule has 0 amide bonds. The number of carboxylic acids is 1. The summed E-state index contributed by atoms with van der Waals surface area (Å²) in [7, 11) is 0. The van der Waals surface area contributed by atoms with E-state index in [0.717, 1.165) is 0 Å². The van der Waals surface area contributed by atoms with E-state index in [1.807, 2.05) is 4.57 Å². The van der Waals surface area contributed by atoms with Crippen LogP contribution in [0.3, 0.4) is 0 Å². The quantitative estimate of drug-likeness (QED) is 0.820. The van der Waals surface area contributed by atoms with Crippen molar-refractivity contribution in [3.05, 3.63) is 6.33 Å². The molecule has 0 aliphatic heterocycles. The van der Waals surface area contributed by atoms with Crippen LogP contribution in [0.1, 0.15) is 33.7 Å². The van der Waals surface area contributed by atoms with E-state index in [1.165, 1.54) is 11.8 Å². The fourth-order valence-corrected chi connectivity index (χ4v) is 1.86. The molecule has 6 heteroatoms. The first-order valence-corrected chi connectivity index (χ1v) is 6.05. The maximum atomic E-state index is 10.5. The molecule has 0 aliphatic carbocycles. The second kappa shape index (κ2) is 4.86. The highest BCUT2D eigenvalue weighted by atomic mass is 32.2. The van der Waals surface area contributed by atoms with Crippen LogP contribution in [0.15, 0.2) is 11.5 Å². The van der Waals surface area contributed by atoms with E-state index in [1.54, 1.807) is 6.33 Å². The first-order valence-electron chi connectivity index (χ1n) is 5.06. The number of carbonyl (C=O) groups is 1. The molecule has 0 saturated carbocycles. The Morgan fingerprint density at radius 1 is 1.62 bits per heavy atom. The normalized spacial score (nSPS) is 13.8. The van der Waals surface area contributed by atoms with Crippen LogP contribution in [0.5, 0.6) is 0 Å². The van der Waals surface area contributed by atoms with Crippen LogP contribution >= 0.6 is 11.8 Å². The van der Waals surface area contributed by atoms with Gasteiger partial charge in [-0.15, -0.1) is 10.2 Å². The van der Waals surface area contributed by atoms with Gasteiger partial charge in [-0.05, 0) is 12.3 Å². The molecule has 5 nitrogen and oxygen atoms in total. The molecule has 0 radical (unpaired) electrons. The lowest BCUT2D eigenvalue weighted by atomic mass is 9.88. The van der Waals surface area contributed by atoms with Crippen LogP contribution in [-0.4, -0.2) is 31.6 Å². The molecule has 0 aliphatic rings. The predicted molar refractivity (Wildman–Crippen MR) is 62.5 cm³/mol. The maximum absolute atomic E-state index is 10.5. The highest BCUT2D eigenvalue weighted by Crippen LogP contribution is 2.32. The first kappa shape index (κ1) is 13.0. The summed E-state index contributed by atoms with van der Waals surface area (Å²) in [5.74, 6) is -0.835. The fourth-order valence-electron chi connectivity index (χ4n) is 1.14. The van der Waals surface area contributed by atoms with Gasteiger partial charge >= 0.3 is 5.97 Å². The first-order chi connectivity index (χ1) is 7.32. The van der Waals surface area contributed by atoms with Crippen LogP contribution in [0.25, 0.3) is 0 Å². The van der Waals surface area contributed by atoms with Gasteiger partial charge in [0, 0.05) is 6.04 Å². The SMILES string of the molecule is CC(n1cnnc1SCC(=O)O)C(C)(C)C. The van der Waals surface area contributed by atoms with E-state index in [0.29, 0.717) is 5.16 Å².